The summed E-state index contributed by atoms with van der Waals surface area (Å²) in [5.74, 6) is -0.00342. The van der Waals surface area contributed by atoms with Crippen LogP contribution in [0.25, 0.3) is 0 Å². The largest absolute Gasteiger partial charge is 0.341 e. The van der Waals surface area contributed by atoms with Gasteiger partial charge in [-0.3, -0.25) is 14.9 Å². The maximum atomic E-state index is 11.9. The Bertz CT molecular complexity index is 500. The monoisotopic (exact) mass is 277 g/mol. The quantitative estimate of drug-likeness (QED) is 0.608. The van der Waals surface area contributed by atoms with E-state index >= 15 is 0 Å². The van der Waals surface area contributed by atoms with Crippen LogP contribution in [-0.2, 0) is 11.3 Å². The summed E-state index contributed by atoms with van der Waals surface area (Å²) >= 11 is 0. The van der Waals surface area contributed by atoms with E-state index in [0.29, 0.717) is 24.6 Å². The van der Waals surface area contributed by atoms with Crippen molar-refractivity contribution in [3.05, 3.63) is 39.9 Å². The number of hydrogen-bond donors (Lipinski definition) is 1. The number of nitro benzene ring substituents is 1. The van der Waals surface area contributed by atoms with E-state index in [4.69, 9.17) is 0 Å². The van der Waals surface area contributed by atoms with Crippen molar-refractivity contribution < 1.29 is 9.72 Å². The van der Waals surface area contributed by atoms with Crippen LogP contribution in [0.4, 0.5) is 5.69 Å². The smallest absolute Gasteiger partial charge is 0.274 e. The Morgan fingerprint density at radius 2 is 2.15 bits per heavy atom. The van der Waals surface area contributed by atoms with Gasteiger partial charge in [-0.1, -0.05) is 18.2 Å². The first-order valence-electron chi connectivity index (χ1n) is 6.77. The fourth-order valence-electron chi connectivity index (χ4n) is 2.03. The second-order valence-corrected chi connectivity index (χ2v) is 5.11. The summed E-state index contributed by atoms with van der Waals surface area (Å²) in [6, 6.07) is 7.11. The molecule has 108 valence electrons. The molecule has 0 atom stereocenters. The number of para-hydroxylation sites is 1. The van der Waals surface area contributed by atoms with Crippen molar-refractivity contribution in [2.45, 2.75) is 31.8 Å². The summed E-state index contributed by atoms with van der Waals surface area (Å²) in [6.45, 7) is 0.935. The van der Waals surface area contributed by atoms with Gasteiger partial charge in [0.15, 0.2) is 0 Å². The van der Waals surface area contributed by atoms with Crippen molar-refractivity contribution in [1.82, 2.24) is 10.2 Å². The van der Waals surface area contributed by atoms with Crippen LogP contribution < -0.4 is 5.32 Å². The molecule has 0 bridgehead atoms. The van der Waals surface area contributed by atoms with Crippen LogP contribution in [0.2, 0.25) is 0 Å². The van der Waals surface area contributed by atoms with Crippen LogP contribution in [0, 0.1) is 10.1 Å². The highest BCUT2D eigenvalue weighted by Gasteiger charge is 2.21. The molecule has 1 aromatic carbocycles. The van der Waals surface area contributed by atoms with E-state index in [1.807, 2.05) is 0 Å². The van der Waals surface area contributed by atoms with Crippen molar-refractivity contribution in [3.63, 3.8) is 0 Å². The van der Waals surface area contributed by atoms with Crippen LogP contribution in [0.1, 0.15) is 24.8 Å². The summed E-state index contributed by atoms with van der Waals surface area (Å²) in [7, 11) is 1.68. The second kappa shape index (κ2) is 6.47. The average molecular weight is 277 g/mol. The fourth-order valence-corrected chi connectivity index (χ4v) is 2.03. The highest BCUT2D eigenvalue weighted by molar-refractivity contribution is 5.76. The number of benzene rings is 1. The van der Waals surface area contributed by atoms with Crippen molar-refractivity contribution in [1.29, 1.82) is 0 Å². The van der Waals surface area contributed by atoms with E-state index in [-0.39, 0.29) is 18.1 Å². The number of nitrogens with one attached hydrogen (secondary N) is 1. The molecule has 1 N–H and O–H groups in total. The lowest BCUT2D eigenvalue weighted by Gasteiger charge is -2.17. The molecule has 0 aromatic heterocycles. The Balaban J connectivity index is 1.87. The topological polar surface area (TPSA) is 75.5 Å². The summed E-state index contributed by atoms with van der Waals surface area (Å²) in [6.07, 6.45) is 2.81. The Labute approximate surface area is 117 Å². The van der Waals surface area contributed by atoms with Gasteiger partial charge in [0.1, 0.15) is 0 Å². The average Bonchev–Trinajstić information content (AvgIpc) is 3.23. The van der Waals surface area contributed by atoms with Crippen LogP contribution in [0.5, 0.6) is 0 Å². The highest BCUT2D eigenvalue weighted by Crippen LogP contribution is 2.20. The number of nitro groups is 1. The zero-order valence-electron chi connectivity index (χ0n) is 11.5. The number of carbonyl (C=O) groups excluding carboxylic acids is 1. The van der Waals surface area contributed by atoms with Gasteiger partial charge in [-0.05, 0) is 12.8 Å². The van der Waals surface area contributed by atoms with Crippen molar-refractivity contribution in [3.8, 4) is 0 Å². The zero-order chi connectivity index (χ0) is 14.5. The molecule has 1 saturated carbocycles. The van der Waals surface area contributed by atoms with Gasteiger partial charge in [-0.2, -0.15) is 0 Å². The summed E-state index contributed by atoms with van der Waals surface area (Å²) in [5, 5.41) is 14.2. The number of carbonyl (C=O) groups is 1. The van der Waals surface area contributed by atoms with E-state index in [9.17, 15) is 14.9 Å². The molecule has 0 saturated heterocycles. The predicted molar refractivity (Wildman–Crippen MR) is 75.2 cm³/mol. The molecule has 0 spiro atoms. The Hall–Kier alpha value is -1.95. The Morgan fingerprint density at radius 1 is 1.45 bits per heavy atom. The van der Waals surface area contributed by atoms with Gasteiger partial charge < -0.3 is 10.2 Å². The molecule has 6 heteroatoms. The molecule has 1 aromatic rings. The maximum Gasteiger partial charge on any atom is 0.274 e. The molecular formula is C14H19N3O3. The normalized spacial score (nSPS) is 14.1. The van der Waals surface area contributed by atoms with Crippen LogP contribution in [0.15, 0.2) is 24.3 Å². The minimum atomic E-state index is -0.414. The van der Waals surface area contributed by atoms with Gasteiger partial charge >= 0.3 is 0 Å². The molecule has 0 radical (unpaired) electrons. The van der Waals surface area contributed by atoms with Crippen molar-refractivity contribution >= 4 is 11.6 Å². The summed E-state index contributed by atoms with van der Waals surface area (Å²) < 4.78 is 0. The summed E-state index contributed by atoms with van der Waals surface area (Å²) in [5.41, 5.74) is 0.617. The van der Waals surface area contributed by atoms with Crippen molar-refractivity contribution in [2.24, 2.45) is 0 Å². The van der Waals surface area contributed by atoms with Gasteiger partial charge in [-0.15, -0.1) is 0 Å². The Morgan fingerprint density at radius 3 is 2.80 bits per heavy atom. The minimum Gasteiger partial charge on any atom is -0.341 e. The third-order valence-electron chi connectivity index (χ3n) is 3.37. The summed E-state index contributed by atoms with van der Waals surface area (Å²) in [4.78, 5) is 24.0. The van der Waals surface area contributed by atoms with E-state index in [1.165, 1.54) is 23.8 Å². The van der Waals surface area contributed by atoms with Gasteiger partial charge in [0.2, 0.25) is 5.91 Å². The first-order valence-corrected chi connectivity index (χ1v) is 6.77. The minimum absolute atomic E-state index is 0.00342. The van der Waals surface area contributed by atoms with Crippen LogP contribution in [0.3, 0.4) is 0 Å². The van der Waals surface area contributed by atoms with Gasteiger partial charge in [0.05, 0.1) is 11.5 Å². The fraction of sp³-hybridized carbons (Fsp3) is 0.500. The van der Waals surface area contributed by atoms with Crippen molar-refractivity contribution in [2.75, 3.05) is 13.6 Å². The standard InChI is InChI=1S/C14H19N3O3/c1-16(14(18)8-9-15-12-6-7-12)10-11-4-2-3-5-13(11)17(19)20/h2-5,12,15H,6-10H2,1H3. The van der Waals surface area contributed by atoms with Crippen LogP contribution in [-0.4, -0.2) is 35.4 Å². The lowest BCUT2D eigenvalue weighted by atomic mass is 10.1. The van der Waals surface area contributed by atoms with Gasteiger partial charge in [0, 0.05) is 37.7 Å². The molecule has 0 unspecified atom stereocenters. The molecule has 1 aliphatic carbocycles. The Kier molecular flexibility index (Phi) is 4.68. The third kappa shape index (κ3) is 4.03. The molecule has 0 aliphatic heterocycles. The first-order chi connectivity index (χ1) is 9.58. The second-order valence-electron chi connectivity index (χ2n) is 5.11. The molecular weight excluding hydrogens is 258 g/mol. The maximum absolute atomic E-state index is 11.9. The number of amides is 1. The molecule has 20 heavy (non-hydrogen) atoms. The lowest BCUT2D eigenvalue weighted by molar-refractivity contribution is -0.385. The number of rotatable bonds is 7. The molecule has 6 nitrogen and oxygen atoms in total. The predicted octanol–water partition coefficient (Wildman–Crippen LogP) is 1.70. The van der Waals surface area contributed by atoms with E-state index in [1.54, 1.807) is 25.2 Å². The van der Waals surface area contributed by atoms with Crippen LogP contribution >= 0.6 is 0 Å². The molecule has 1 aliphatic rings. The third-order valence-corrected chi connectivity index (χ3v) is 3.37. The van der Waals surface area contributed by atoms with E-state index < -0.39 is 4.92 Å². The zero-order valence-corrected chi connectivity index (χ0v) is 11.5. The molecule has 0 heterocycles. The van der Waals surface area contributed by atoms with E-state index in [0.717, 1.165) is 0 Å². The first kappa shape index (κ1) is 14.5. The van der Waals surface area contributed by atoms with E-state index in [2.05, 4.69) is 5.32 Å². The number of hydrogen-bond acceptors (Lipinski definition) is 4. The molecule has 1 fully saturated rings. The lowest BCUT2D eigenvalue weighted by Crippen LogP contribution is -2.30. The number of nitrogens with zero attached hydrogens (tertiary/aromatic N) is 2. The molecule has 2 rings (SSSR count). The molecule has 1 amide bonds. The van der Waals surface area contributed by atoms with Gasteiger partial charge in [-0.25, -0.2) is 0 Å². The SMILES string of the molecule is CN(Cc1ccccc1[N+](=O)[O-])C(=O)CCNC1CC1. The highest BCUT2D eigenvalue weighted by atomic mass is 16.6. The van der Waals surface area contributed by atoms with Gasteiger partial charge in [0.25, 0.3) is 5.69 Å².